The van der Waals surface area contributed by atoms with Gasteiger partial charge in [-0.15, -0.1) is 0 Å². The van der Waals surface area contributed by atoms with Crippen molar-refractivity contribution in [1.29, 1.82) is 0 Å². The molecule has 4 aromatic heterocycles. The first-order valence-corrected chi connectivity index (χ1v) is 18.2. The van der Waals surface area contributed by atoms with E-state index in [4.69, 9.17) is 18.9 Å². The minimum absolute atomic E-state index is 0.139. The highest BCUT2D eigenvalue weighted by Gasteiger charge is 2.57. The van der Waals surface area contributed by atoms with Crippen LogP contribution in [0.25, 0.3) is 0 Å². The van der Waals surface area contributed by atoms with Crippen LogP contribution in [-0.4, -0.2) is 19.9 Å². The molecule has 0 saturated heterocycles. The van der Waals surface area contributed by atoms with E-state index >= 15 is 0 Å². The third-order valence-electron chi connectivity index (χ3n) is 10.7. The van der Waals surface area contributed by atoms with Crippen molar-refractivity contribution in [1.82, 2.24) is 19.9 Å². The van der Waals surface area contributed by atoms with E-state index in [0.29, 0.717) is 26.4 Å². The highest BCUT2D eigenvalue weighted by molar-refractivity contribution is 5.66. The highest BCUT2D eigenvalue weighted by Crippen LogP contribution is 2.65. The summed E-state index contributed by atoms with van der Waals surface area (Å²) in [6.45, 7) is 11.0. The Labute approximate surface area is 311 Å². The molecule has 0 atom stereocenters. The monoisotopic (exact) mass is 704 g/mol. The van der Waals surface area contributed by atoms with Crippen LogP contribution in [0.5, 0.6) is 23.0 Å². The highest BCUT2D eigenvalue weighted by atomic mass is 16.5. The number of nitrogens with zero attached hydrogens (tertiary/aromatic N) is 4. The summed E-state index contributed by atoms with van der Waals surface area (Å²) in [7, 11) is 0. The van der Waals surface area contributed by atoms with Crippen LogP contribution in [0.4, 0.5) is 0 Å². The van der Waals surface area contributed by atoms with Crippen molar-refractivity contribution in [2.75, 3.05) is 0 Å². The smallest absolute Gasteiger partial charge is 0.162 e. The van der Waals surface area contributed by atoms with Gasteiger partial charge in [0.1, 0.15) is 26.4 Å². The van der Waals surface area contributed by atoms with Crippen LogP contribution in [0, 0.1) is 0 Å². The maximum absolute atomic E-state index is 6.63. The molecule has 4 heterocycles. The van der Waals surface area contributed by atoms with Gasteiger partial charge in [0, 0.05) is 55.0 Å². The largest absolute Gasteiger partial charge is 0.485 e. The van der Waals surface area contributed by atoms with Crippen LogP contribution >= 0.6 is 0 Å². The molecule has 0 unspecified atom stereocenters. The molecule has 0 radical (unpaired) electrons. The van der Waals surface area contributed by atoms with Crippen molar-refractivity contribution in [3.8, 4) is 23.0 Å². The molecular weight excluding hydrogens is 661 g/mol. The number of hydrogen-bond donors (Lipinski definition) is 0. The molecule has 8 heteroatoms. The summed E-state index contributed by atoms with van der Waals surface area (Å²) in [5, 5.41) is 0. The van der Waals surface area contributed by atoms with E-state index in [9.17, 15) is 0 Å². The molecule has 8 rings (SSSR count). The summed E-state index contributed by atoms with van der Waals surface area (Å²) in [5.74, 6) is 2.92. The lowest BCUT2D eigenvalue weighted by Crippen LogP contribution is -2.27. The predicted octanol–water partition coefficient (Wildman–Crippen LogP) is 9.23. The Balaban J connectivity index is 1.22. The zero-order valence-corrected chi connectivity index (χ0v) is 30.7. The Morgan fingerprint density at radius 2 is 0.642 bits per heavy atom. The molecule has 0 bridgehead atoms. The molecule has 8 nitrogen and oxygen atoms in total. The van der Waals surface area contributed by atoms with E-state index in [1.807, 2.05) is 48.5 Å². The maximum Gasteiger partial charge on any atom is 0.162 e. The van der Waals surface area contributed by atoms with Crippen molar-refractivity contribution in [2.45, 2.75) is 83.2 Å². The van der Waals surface area contributed by atoms with Gasteiger partial charge >= 0.3 is 0 Å². The van der Waals surface area contributed by atoms with Crippen LogP contribution in [0.1, 0.15) is 85.0 Å². The van der Waals surface area contributed by atoms with Crippen molar-refractivity contribution in [3.63, 3.8) is 0 Å². The van der Waals surface area contributed by atoms with Crippen molar-refractivity contribution in [2.24, 2.45) is 0 Å². The second kappa shape index (κ2) is 14.0. The van der Waals surface area contributed by atoms with E-state index in [2.05, 4.69) is 71.9 Å². The van der Waals surface area contributed by atoms with E-state index in [-0.39, 0.29) is 16.2 Å². The summed E-state index contributed by atoms with van der Waals surface area (Å²) in [6, 6.07) is 24.8. The van der Waals surface area contributed by atoms with Gasteiger partial charge in [-0.05, 0) is 141 Å². The Bertz CT molecular complexity index is 2030. The number of rotatable bonds is 12. The third kappa shape index (κ3) is 6.93. The number of fused-ring (bicyclic) bond motifs is 4. The first kappa shape index (κ1) is 34.3. The number of benzene rings is 2. The molecule has 268 valence electrons. The van der Waals surface area contributed by atoms with Crippen molar-refractivity contribution in [3.05, 3.63) is 167 Å². The molecule has 0 aliphatic heterocycles. The minimum Gasteiger partial charge on any atom is -0.485 e. The summed E-state index contributed by atoms with van der Waals surface area (Å²) < 4.78 is 26.4. The lowest BCUT2D eigenvalue weighted by Gasteiger charge is -2.31. The number of ether oxygens (including phenoxy) is 4. The Kier molecular flexibility index (Phi) is 9.06. The molecule has 0 N–H and O–H groups in total. The topological polar surface area (TPSA) is 88.5 Å². The maximum atomic E-state index is 6.63. The zero-order valence-electron chi connectivity index (χ0n) is 30.7. The molecule has 0 saturated carbocycles. The number of pyridine rings is 4. The van der Waals surface area contributed by atoms with Crippen LogP contribution in [0.2, 0.25) is 0 Å². The van der Waals surface area contributed by atoms with Crippen molar-refractivity contribution < 1.29 is 18.9 Å². The quantitative estimate of drug-likeness (QED) is 0.125. The van der Waals surface area contributed by atoms with E-state index in [1.54, 1.807) is 49.6 Å². The third-order valence-corrected chi connectivity index (χ3v) is 10.7. The fraction of sp³-hybridized carbons (Fsp3) is 0.289. The van der Waals surface area contributed by atoms with E-state index in [0.717, 1.165) is 58.1 Å². The molecule has 6 aromatic rings. The van der Waals surface area contributed by atoms with Gasteiger partial charge in [-0.2, -0.15) is 0 Å². The molecule has 2 aliphatic carbocycles. The summed E-state index contributed by atoms with van der Waals surface area (Å²) in [6.07, 6.45) is 16.2. The van der Waals surface area contributed by atoms with Gasteiger partial charge in [0.05, 0.1) is 0 Å². The second-order valence-electron chi connectivity index (χ2n) is 15.5. The minimum atomic E-state index is -0.283. The molecule has 2 aliphatic rings. The number of aromatic nitrogens is 4. The lowest BCUT2D eigenvalue weighted by atomic mass is 9.72. The van der Waals surface area contributed by atoms with Crippen LogP contribution < -0.4 is 18.9 Å². The van der Waals surface area contributed by atoms with Crippen molar-refractivity contribution >= 4 is 0 Å². The standard InChI is InChI=1S/C45H44N4O4/c1-43(2)29-45(37-23-41(52-27-33-9-17-48-18-10-33)39(21-35(37)43)50-25-31-5-13-46-14-6-31)30-44(3,4)36-22-40(51-26-32-7-15-47-16-8-32)42(24-38(36)45)53-28-34-11-19-49-20-12-34/h5-24H,25-30H2,1-4H3. The fourth-order valence-corrected chi connectivity index (χ4v) is 8.33. The van der Waals surface area contributed by atoms with Gasteiger partial charge < -0.3 is 18.9 Å². The molecule has 0 fully saturated rings. The van der Waals surface area contributed by atoms with Gasteiger partial charge in [0.25, 0.3) is 0 Å². The molecular formula is C45H44N4O4. The van der Waals surface area contributed by atoms with Crippen LogP contribution in [0.3, 0.4) is 0 Å². The molecule has 53 heavy (non-hydrogen) atoms. The summed E-state index contributed by atoms with van der Waals surface area (Å²) in [5.41, 5.74) is 8.72. The number of hydrogen-bond acceptors (Lipinski definition) is 8. The molecule has 0 amide bonds. The van der Waals surface area contributed by atoms with E-state index < -0.39 is 0 Å². The normalized spacial score (nSPS) is 15.8. The average Bonchev–Trinajstić information content (AvgIpc) is 3.53. The Hall–Kier alpha value is -5.76. The van der Waals surface area contributed by atoms with Gasteiger partial charge in [-0.1, -0.05) is 27.7 Å². The second-order valence-corrected chi connectivity index (χ2v) is 15.5. The fourth-order valence-electron chi connectivity index (χ4n) is 8.33. The molecule has 2 aromatic carbocycles. The Morgan fingerprint density at radius 1 is 0.396 bits per heavy atom. The summed E-state index contributed by atoms with van der Waals surface area (Å²) in [4.78, 5) is 16.7. The lowest BCUT2D eigenvalue weighted by molar-refractivity contribution is 0.254. The van der Waals surface area contributed by atoms with Gasteiger partial charge in [-0.25, -0.2) is 0 Å². The molecule has 1 spiro atoms. The van der Waals surface area contributed by atoms with Gasteiger partial charge in [0.15, 0.2) is 23.0 Å². The van der Waals surface area contributed by atoms with Crippen LogP contribution in [-0.2, 0) is 42.7 Å². The SMILES string of the molecule is CC1(C)CC2(CC(C)(C)c3cc(OCc4ccncc4)c(OCc4ccncc4)cc32)c2cc(OCc3ccncc3)c(OCc3ccncc3)cc21. The first-order valence-electron chi connectivity index (χ1n) is 18.2. The van der Waals surface area contributed by atoms with Gasteiger partial charge in [-0.3, -0.25) is 19.9 Å². The summed E-state index contributed by atoms with van der Waals surface area (Å²) >= 11 is 0. The predicted molar refractivity (Wildman–Crippen MR) is 203 cm³/mol. The van der Waals surface area contributed by atoms with Gasteiger partial charge in [0.2, 0.25) is 0 Å². The van der Waals surface area contributed by atoms with Crippen LogP contribution in [0.15, 0.2) is 122 Å². The first-order chi connectivity index (χ1) is 25.7. The average molecular weight is 705 g/mol. The van der Waals surface area contributed by atoms with E-state index in [1.165, 1.54) is 22.3 Å². The zero-order chi connectivity index (χ0) is 36.5. The Morgan fingerprint density at radius 3 is 0.906 bits per heavy atom.